The smallest absolute Gasteiger partial charge is 0.205 e. The quantitative estimate of drug-likeness (QED) is 0.766. The molecule has 0 radical (unpaired) electrons. The highest BCUT2D eigenvalue weighted by Gasteiger charge is 2.20. The van der Waals surface area contributed by atoms with Gasteiger partial charge in [-0.1, -0.05) is 11.3 Å². The van der Waals surface area contributed by atoms with E-state index in [1.54, 1.807) is 14.0 Å². The van der Waals surface area contributed by atoms with Gasteiger partial charge in [0.05, 0.1) is 5.60 Å². The second kappa shape index (κ2) is 5.39. The average molecular weight is 231 g/mol. The van der Waals surface area contributed by atoms with E-state index >= 15 is 0 Å². The van der Waals surface area contributed by atoms with Crippen molar-refractivity contribution in [3.05, 3.63) is 5.01 Å². The first-order valence-corrected chi connectivity index (χ1v) is 5.60. The van der Waals surface area contributed by atoms with Crippen LogP contribution in [-0.2, 0) is 4.74 Å². The summed E-state index contributed by atoms with van der Waals surface area (Å²) in [6, 6.07) is 0. The van der Waals surface area contributed by atoms with Crippen LogP contribution in [0, 0.1) is 6.92 Å². The molecule has 0 aliphatic carbocycles. The summed E-state index contributed by atoms with van der Waals surface area (Å²) in [6.45, 7) is 4.66. The number of aryl methyl sites for hydroxylation is 1. The van der Waals surface area contributed by atoms with Crippen molar-refractivity contribution in [1.82, 2.24) is 10.2 Å². The largest absolute Gasteiger partial charge is 0.388 e. The summed E-state index contributed by atoms with van der Waals surface area (Å²) in [4.78, 5) is 0. The monoisotopic (exact) mass is 231 g/mol. The Morgan fingerprint density at radius 3 is 2.80 bits per heavy atom. The molecule has 1 aromatic rings. The van der Waals surface area contributed by atoms with Gasteiger partial charge in [0.1, 0.15) is 5.01 Å². The SMILES string of the molecule is COCCC(C)(O)CNc1nnc(C)s1. The molecule has 0 amide bonds. The minimum absolute atomic E-state index is 0.449. The topological polar surface area (TPSA) is 67.3 Å². The Morgan fingerprint density at radius 1 is 1.53 bits per heavy atom. The number of hydrogen-bond acceptors (Lipinski definition) is 6. The molecule has 1 heterocycles. The zero-order valence-electron chi connectivity index (χ0n) is 9.28. The maximum atomic E-state index is 9.93. The van der Waals surface area contributed by atoms with E-state index in [0.717, 1.165) is 10.1 Å². The highest BCUT2D eigenvalue weighted by atomic mass is 32.1. The van der Waals surface area contributed by atoms with Gasteiger partial charge in [0.15, 0.2) is 0 Å². The van der Waals surface area contributed by atoms with Crippen LogP contribution in [0.1, 0.15) is 18.4 Å². The molecule has 0 bridgehead atoms. The number of nitrogens with zero attached hydrogens (tertiary/aromatic N) is 2. The van der Waals surface area contributed by atoms with Gasteiger partial charge in [-0.3, -0.25) is 0 Å². The molecule has 2 N–H and O–H groups in total. The lowest BCUT2D eigenvalue weighted by atomic mass is 10.0. The predicted octanol–water partition coefficient (Wildman–Crippen LogP) is 1.05. The number of nitrogens with one attached hydrogen (secondary N) is 1. The number of methoxy groups -OCH3 is 1. The number of hydrogen-bond donors (Lipinski definition) is 2. The predicted molar refractivity (Wildman–Crippen MR) is 60.3 cm³/mol. The Labute approximate surface area is 93.5 Å². The van der Waals surface area contributed by atoms with Crippen molar-refractivity contribution in [3.63, 3.8) is 0 Å². The van der Waals surface area contributed by atoms with E-state index in [4.69, 9.17) is 4.74 Å². The highest BCUT2D eigenvalue weighted by molar-refractivity contribution is 7.15. The minimum Gasteiger partial charge on any atom is -0.388 e. The van der Waals surface area contributed by atoms with E-state index < -0.39 is 5.60 Å². The minimum atomic E-state index is -0.782. The van der Waals surface area contributed by atoms with Gasteiger partial charge >= 0.3 is 0 Å². The highest BCUT2D eigenvalue weighted by Crippen LogP contribution is 2.16. The molecule has 86 valence electrons. The lowest BCUT2D eigenvalue weighted by Gasteiger charge is -2.22. The van der Waals surface area contributed by atoms with Gasteiger partial charge in [0.25, 0.3) is 0 Å². The van der Waals surface area contributed by atoms with E-state index in [0.29, 0.717) is 19.6 Å². The zero-order valence-corrected chi connectivity index (χ0v) is 10.1. The van der Waals surface area contributed by atoms with Gasteiger partial charge in [0.2, 0.25) is 5.13 Å². The van der Waals surface area contributed by atoms with Gasteiger partial charge in [-0.2, -0.15) is 0 Å². The van der Waals surface area contributed by atoms with Crippen molar-refractivity contribution in [1.29, 1.82) is 0 Å². The van der Waals surface area contributed by atoms with Crippen LogP contribution in [0.3, 0.4) is 0 Å². The van der Waals surface area contributed by atoms with E-state index in [1.807, 2.05) is 6.92 Å². The Morgan fingerprint density at radius 2 is 2.27 bits per heavy atom. The maximum Gasteiger partial charge on any atom is 0.205 e. The van der Waals surface area contributed by atoms with Crippen LogP contribution < -0.4 is 5.32 Å². The number of aliphatic hydroxyl groups is 1. The molecule has 0 aliphatic heterocycles. The number of ether oxygens (including phenoxy) is 1. The fraction of sp³-hybridized carbons (Fsp3) is 0.778. The third kappa shape index (κ3) is 4.55. The fourth-order valence-electron chi connectivity index (χ4n) is 1.04. The molecule has 0 spiro atoms. The molecular weight excluding hydrogens is 214 g/mol. The Kier molecular flexibility index (Phi) is 4.44. The summed E-state index contributed by atoms with van der Waals surface area (Å²) in [5.74, 6) is 0. The number of anilines is 1. The third-order valence-corrected chi connectivity index (χ3v) is 2.79. The van der Waals surface area contributed by atoms with Gasteiger partial charge in [0, 0.05) is 26.7 Å². The van der Waals surface area contributed by atoms with Crippen LogP contribution in [0.25, 0.3) is 0 Å². The zero-order chi connectivity index (χ0) is 11.3. The molecule has 6 heteroatoms. The van der Waals surface area contributed by atoms with Crippen molar-refractivity contribution in [3.8, 4) is 0 Å². The van der Waals surface area contributed by atoms with Crippen molar-refractivity contribution in [2.24, 2.45) is 0 Å². The molecule has 1 atom stereocenters. The van der Waals surface area contributed by atoms with E-state index in [-0.39, 0.29) is 0 Å². The first-order chi connectivity index (χ1) is 7.03. The molecule has 0 aliphatic rings. The molecule has 1 aromatic heterocycles. The lowest BCUT2D eigenvalue weighted by molar-refractivity contribution is 0.0357. The Bertz CT molecular complexity index is 301. The van der Waals surface area contributed by atoms with Crippen LogP contribution in [0.15, 0.2) is 0 Å². The summed E-state index contributed by atoms with van der Waals surface area (Å²) >= 11 is 1.48. The second-order valence-electron chi connectivity index (χ2n) is 3.72. The lowest BCUT2D eigenvalue weighted by Crippen LogP contribution is -2.34. The Hall–Kier alpha value is -0.720. The van der Waals surface area contributed by atoms with Crippen molar-refractivity contribution in [2.45, 2.75) is 25.9 Å². The molecule has 1 unspecified atom stereocenters. The normalized spacial score (nSPS) is 14.9. The summed E-state index contributed by atoms with van der Waals surface area (Å²) in [6.07, 6.45) is 0.592. The Balaban J connectivity index is 2.35. The summed E-state index contributed by atoms with van der Waals surface area (Å²) in [7, 11) is 1.62. The van der Waals surface area contributed by atoms with Crippen LogP contribution >= 0.6 is 11.3 Å². The van der Waals surface area contributed by atoms with Crippen LogP contribution in [0.5, 0.6) is 0 Å². The van der Waals surface area contributed by atoms with Gasteiger partial charge in [-0.25, -0.2) is 0 Å². The van der Waals surface area contributed by atoms with E-state index in [9.17, 15) is 5.11 Å². The van der Waals surface area contributed by atoms with Crippen molar-refractivity contribution < 1.29 is 9.84 Å². The van der Waals surface area contributed by atoms with E-state index in [2.05, 4.69) is 15.5 Å². The fourth-order valence-corrected chi connectivity index (χ4v) is 1.63. The number of rotatable bonds is 6. The number of aromatic nitrogens is 2. The third-order valence-electron chi connectivity index (χ3n) is 1.99. The summed E-state index contributed by atoms with van der Waals surface area (Å²) < 4.78 is 4.92. The first kappa shape index (κ1) is 12.4. The first-order valence-electron chi connectivity index (χ1n) is 4.79. The average Bonchev–Trinajstić information content (AvgIpc) is 2.59. The van der Waals surface area contributed by atoms with Gasteiger partial charge < -0.3 is 15.2 Å². The van der Waals surface area contributed by atoms with Crippen LogP contribution in [0.2, 0.25) is 0 Å². The molecule has 1 rings (SSSR count). The molecule has 0 aromatic carbocycles. The molecule has 0 fully saturated rings. The molecular formula is C9H17N3O2S. The van der Waals surface area contributed by atoms with Gasteiger partial charge in [-0.05, 0) is 13.8 Å². The molecule has 15 heavy (non-hydrogen) atoms. The molecule has 5 nitrogen and oxygen atoms in total. The molecule has 0 saturated heterocycles. The maximum absolute atomic E-state index is 9.93. The van der Waals surface area contributed by atoms with Crippen LogP contribution in [0.4, 0.5) is 5.13 Å². The van der Waals surface area contributed by atoms with Crippen molar-refractivity contribution >= 4 is 16.5 Å². The van der Waals surface area contributed by atoms with E-state index in [1.165, 1.54) is 11.3 Å². The van der Waals surface area contributed by atoms with Gasteiger partial charge in [-0.15, -0.1) is 10.2 Å². The second-order valence-corrected chi connectivity index (χ2v) is 4.90. The standard InChI is InChI=1S/C9H17N3O2S/c1-7-11-12-8(15-7)10-6-9(2,13)4-5-14-3/h13H,4-6H2,1-3H3,(H,10,12). The van der Waals surface area contributed by atoms with Crippen molar-refractivity contribution in [2.75, 3.05) is 25.6 Å². The summed E-state index contributed by atoms with van der Waals surface area (Å²) in [5, 5.41) is 22.4. The summed E-state index contributed by atoms with van der Waals surface area (Å²) in [5.41, 5.74) is -0.782. The van der Waals surface area contributed by atoms with Crippen LogP contribution in [-0.4, -0.2) is 41.2 Å². The molecule has 0 saturated carbocycles.